The van der Waals surface area contributed by atoms with E-state index in [0.717, 1.165) is 17.7 Å². The fourth-order valence-electron chi connectivity index (χ4n) is 2.67. The highest BCUT2D eigenvalue weighted by molar-refractivity contribution is 5.78. The Labute approximate surface area is 150 Å². The summed E-state index contributed by atoms with van der Waals surface area (Å²) in [5.41, 5.74) is 3.57. The number of likely N-dealkylation sites (N-methyl/N-ethyl adjacent to an activating group) is 1. The van der Waals surface area contributed by atoms with Crippen molar-refractivity contribution in [2.75, 3.05) is 20.7 Å². The van der Waals surface area contributed by atoms with Gasteiger partial charge in [-0.05, 0) is 42.2 Å². The van der Waals surface area contributed by atoms with Crippen molar-refractivity contribution in [3.63, 3.8) is 0 Å². The first kappa shape index (κ1) is 19.0. The first-order valence-electron chi connectivity index (χ1n) is 8.72. The summed E-state index contributed by atoms with van der Waals surface area (Å²) in [6.45, 7) is 5.11. The summed E-state index contributed by atoms with van der Waals surface area (Å²) in [6, 6.07) is 16.5. The molecule has 2 aromatic carbocycles. The molecule has 1 N–H and O–H groups in total. The summed E-state index contributed by atoms with van der Waals surface area (Å²) in [5, 5.41) is 3.31. The Morgan fingerprint density at radius 1 is 1.16 bits per heavy atom. The third-order valence-corrected chi connectivity index (χ3v) is 4.43. The first-order valence-corrected chi connectivity index (χ1v) is 8.72. The van der Waals surface area contributed by atoms with Gasteiger partial charge in [-0.15, -0.1) is 0 Å². The number of benzene rings is 2. The number of amides is 1. The molecule has 0 aliphatic heterocycles. The molecule has 4 heteroatoms. The molecule has 0 saturated heterocycles. The zero-order valence-electron chi connectivity index (χ0n) is 15.6. The molecule has 0 aliphatic rings. The maximum atomic E-state index is 12.4. The second-order valence-corrected chi connectivity index (χ2v) is 6.30. The second kappa shape index (κ2) is 9.23. The molecule has 4 nitrogen and oxygen atoms in total. The van der Waals surface area contributed by atoms with Crippen molar-refractivity contribution in [2.24, 2.45) is 0 Å². The summed E-state index contributed by atoms with van der Waals surface area (Å²) in [5.74, 6) is 0.875. The molecule has 0 bridgehead atoms. The van der Waals surface area contributed by atoms with Crippen molar-refractivity contribution in [3.8, 4) is 5.75 Å². The van der Waals surface area contributed by atoms with E-state index in [4.69, 9.17) is 4.74 Å². The molecular formula is C21H28N2O2. The Morgan fingerprint density at radius 2 is 1.88 bits per heavy atom. The fourth-order valence-corrected chi connectivity index (χ4v) is 2.67. The van der Waals surface area contributed by atoms with E-state index in [2.05, 4.69) is 43.4 Å². The lowest BCUT2D eigenvalue weighted by molar-refractivity contribution is -0.129. The normalized spacial score (nSPS) is 11.8. The standard InChI is InChI=1S/C21H28N2O2/c1-5-17-9-11-19(12-10-17)16(2)22-14-21(24)23(3)15-18-7-6-8-20(13-18)25-4/h6-13,16,22H,5,14-15H2,1-4H3. The van der Waals surface area contributed by atoms with Crippen molar-refractivity contribution in [3.05, 3.63) is 65.2 Å². The minimum absolute atomic E-state index is 0.0693. The van der Waals surface area contributed by atoms with Gasteiger partial charge in [0.1, 0.15) is 5.75 Å². The number of carbonyl (C=O) groups is 1. The largest absolute Gasteiger partial charge is 0.497 e. The molecule has 1 atom stereocenters. The van der Waals surface area contributed by atoms with E-state index in [0.29, 0.717) is 13.1 Å². The van der Waals surface area contributed by atoms with Crippen LogP contribution in [0.25, 0.3) is 0 Å². The van der Waals surface area contributed by atoms with Gasteiger partial charge in [0.15, 0.2) is 0 Å². The Hall–Kier alpha value is -2.33. The van der Waals surface area contributed by atoms with Crippen LogP contribution in [0.15, 0.2) is 48.5 Å². The maximum absolute atomic E-state index is 12.4. The van der Waals surface area contributed by atoms with Crippen LogP contribution in [0.5, 0.6) is 5.75 Å². The van der Waals surface area contributed by atoms with E-state index in [1.807, 2.05) is 31.3 Å². The topological polar surface area (TPSA) is 41.6 Å². The number of methoxy groups -OCH3 is 1. The van der Waals surface area contributed by atoms with Gasteiger partial charge in [-0.3, -0.25) is 4.79 Å². The molecule has 134 valence electrons. The fraction of sp³-hybridized carbons (Fsp3) is 0.381. The van der Waals surface area contributed by atoms with Crippen molar-refractivity contribution >= 4 is 5.91 Å². The summed E-state index contributed by atoms with van der Waals surface area (Å²) < 4.78 is 5.23. The van der Waals surface area contributed by atoms with Crippen LogP contribution in [-0.4, -0.2) is 31.5 Å². The Morgan fingerprint density at radius 3 is 2.52 bits per heavy atom. The number of nitrogens with one attached hydrogen (secondary N) is 1. The number of ether oxygens (including phenoxy) is 1. The highest BCUT2D eigenvalue weighted by Crippen LogP contribution is 2.15. The molecule has 0 spiro atoms. The number of aryl methyl sites for hydroxylation is 1. The van der Waals surface area contributed by atoms with Gasteiger partial charge in [-0.25, -0.2) is 0 Å². The van der Waals surface area contributed by atoms with Gasteiger partial charge in [0, 0.05) is 19.6 Å². The van der Waals surface area contributed by atoms with Gasteiger partial charge in [-0.2, -0.15) is 0 Å². The third kappa shape index (κ3) is 5.61. The molecular weight excluding hydrogens is 312 g/mol. The van der Waals surface area contributed by atoms with Crippen LogP contribution in [0.2, 0.25) is 0 Å². The van der Waals surface area contributed by atoms with E-state index in [1.54, 1.807) is 12.0 Å². The van der Waals surface area contributed by atoms with E-state index >= 15 is 0 Å². The number of hydrogen-bond acceptors (Lipinski definition) is 3. The summed E-state index contributed by atoms with van der Waals surface area (Å²) in [4.78, 5) is 14.1. The zero-order valence-corrected chi connectivity index (χ0v) is 15.6. The number of nitrogens with zero attached hydrogens (tertiary/aromatic N) is 1. The molecule has 0 saturated carbocycles. The van der Waals surface area contributed by atoms with Crippen LogP contribution in [0.4, 0.5) is 0 Å². The SMILES string of the molecule is CCc1ccc(C(C)NCC(=O)N(C)Cc2cccc(OC)c2)cc1. The van der Waals surface area contributed by atoms with Gasteiger partial charge in [-0.1, -0.05) is 43.3 Å². The molecule has 2 rings (SSSR count). The van der Waals surface area contributed by atoms with Gasteiger partial charge >= 0.3 is 0 Å². The minimum Gasteiger partial charge on any atom is -0.497 e. The molecule has 0 fully saturated rings. The number of carbonyl (C=O) groups excluding carboxylic acids is 1. The van der Waals surface area contributed by atoms with Crippen molar-refractivity contribution in [1.29, 1.82) is 0 Å². The molecule has 1 unspecified atom stereocenters. The van der Waals surface area contributed by atoms with Crippen molar-refractivity contribution in [2.45, 2.75) is 32.9 Å². The first-order chi connectivity index (χ1) is 12.0. The quantitative estimate of drug-likeness (QED) is 0.799. The number of rotatable bonds is 8. The average Bonchev–Trinajstić information content (AvgIpc) is 2.65. The minimum atomic E-state index is 0.0693. The maximum Gasteiger partial charge on any atom is 0.236 e. The lowest BCUT2D eigenvalue weighted by atomic mass is 10.1. The summed E-state index contributed by atoms with van der Waals surface area (Å²) in [6.07, 6.45) is 1.04. The monoisotopic (exact) mass is 340 g/mol. The van der Waals surface area contributed by atoms with Crippen LogP contribution < -0.4 is 10.1 Å². The number of hydrogen-bond donors (Lipinski definition) is 1. The molecule has 1 amide bonds. The van der Waals surface area contributed by atoms with E-state index in [-0.39, 0.29) is 11.9 Å². The summed E-state index contributed by atoms with van der Waals surface area (Å²) >= 11 is 0. The van der Waals surface area contributed by atoms with Crippen LogP contribution in [-0.2, 0) is 17.8 Å². The molecule has 0 radical (unpaired) electrons. The molecule has 2 aromatic rings. The predicted octanol–water partition coefficient (Wildman–Crippen LogP) is 3.57. The van der Waals surface area contributed by atoms with Gasteiger partial charge in [0.05, 0.1) is 13.7 Å². The second-order valence-electron chi connectivity index (χ2n) is 6.30. The van der Waals surface area contributed by atoms with Crippen LogP contribution in [0, 0.1) is 0 Å². The molecule has 0 aromatic heterocycles. The Kier molecular flexibility index (Phi) is 7.02. The van der Waals surface area contributed by atoms with E-state index < -0.39 is 0 Å². The molecule has 0 heterocycles. The van der Waals surface area contributed by atoms with E-state index in [1.165, 1.54) is 11.1 Å². The predicted molar refractivity (Wildman–Crippen MR) is 102 cm³/mol. The van der Waals surface area contributed by atoms with Gasteiger partial charge in [0.25, 0.3) is 0 Å². The van der Waals surface area contributed by atoms with Crippen LogP contribution in [0.3, 0.4) is 0 Å². The smallest absolute Gasteiger partial charge is 0.236 e. The summed E-state index contributed by atoms with van der Waals surface area (Å²) in [7, 11) is 3.47. The van der Waals surface area contributed by atoms with Crippen LogP contribution in [0.1, 0.15) is 36.6 Å². The third-order valence-electron chi connectivity index (χ3n) is 4.43. The van der Waals surface area contributed by atoms with Crippen molar-refractivity contribution in [1.82, 2.24) is 10.2 Å². The van der Waals surface area contributed by atoms with Gasteiger partial charge < -0.3 is 15.0 Å². The molecule has 25 heavy (non-hydrogen) atoms. The highest BCUT2D eigenvalue weighted by Gasteiger charge is 2.12. The van der Waals surface area contributed by atoms with Gasteiger partial charge in [0.2, 0.25) is 5.91 Å². The lowest BCUT2D eigenvalue weighted by Gasteiger charge is -2.20. The Balaban J connectivity index is 1.85. The lowest BCUT2D eigenvalue weighted by Crippen LogP contribution is -2.36. The Bertz CT molecular complexity index is 683. The van der Waals surface area contributed by atoms with E-state index in [9.17, 15) is 4.79 Å². The zero-order chi connectivity index (χ0) is 18.2. The average molecular weight is 340 g/mol. The van der Waals surface area contributed by atoms with Crippen molar-refractivity contribution < 1.29 is 9.53 Å². The highest BCUT2D eigenvalue weighted by atomic mass is 16.5. The van der Waals surface area contributed by atoms with Crippen LogP contribution >= 0.6 is 0 Å². The molecule has 0 aliphatic carbocycles.